The average Bonchev–Trinajstić information content (AvgIpc) is 2.62. The van der Waals surface area contributed by atoms with E-state index in [0.29, 0.717) is 37.6 Å². The van der Waals surface area contributed by atoms with E-state index in [1.54, 1.807) is 12.1 Å². The van der Waals surface area contributed by atoms with Crippen LogP contribution in [0.4, 0.5) is 5.82 Å². The summed E-state index contributed by atoms with van der Waals surface area (Å²) in [4.78, 5) is 31.9. The van der Waals surface area contributed by atoms with Crippen LogP contribution < -0.4 is 10.6 Å². The van der Waals surface area contributed by atoms with Gasteiger partial charge in [0.2, 0.25) is 0 Å². The molecule has 123 valence electrons. The van der Waals surface area contributed by atoms with Crippen molar-refractivity contribution in [2.45, 2.75) is 0 Å². The third-order valence-electron chi connectivity index (χ3n) is 3.91. The topological polar surface area (TPSA) is 79.5 Å². The van der Waals surface area contributed by atoms with Gasteiger partial charge in [-0.15, -0.1) is 0 Å². The van der Waals surface area contributed by atoms with Crippen molar-refractivity contribution in [1.29, 1.82) is 0 Å². The van der Waals surface area contributed by atoms with Crippen LogP contribution in [0.2, 0.25) is 0 Å². The zero-order valence-corrected chi connectivity index (χ0v) is 14.5. The van der Waals surface area contributed by atoms with Gasteiger partial charge in [0, 0.05) is 36.7 Å². The zero-order chi connectivity index (χ0) is 17.1. The van der Waals surface area contributed by atoms with E-state index < -0.39 is 5.91 Å². The average molecular weight is 388 g/mol. The molecule has 2 heterocycles. The van der Waals surface area contributed by atoms with Gasteiger partial charge in [-0.2, -0.15) is 0 Å². The molecule has 2 aromatic rings. The summed E-state index contributed by atoms with van der Waals surface area (Å²) in [6.07, 6.45) is 0. The first-order valence-electron chi connectivity index (χ1n) is 7.53. The number of primary amides is 1. The molecule has 1 aromatic carbocycles. The maximum atomic E-state index is 12.6. The summed E-state index contributed by atoms with van der Waals surface area (Å²) >= 11 is 3.42. The van der Waals surface area contributed by atoms with Crippen molar-refractivity contribution >= 4 is 33.6 Å². The number of amides is 2. The highest BCUT2D eigenvalue weighted by molar-refractivity contribution is 9.10. The number of pyridine rings is 1. The fourth-order valence-corrected chi connectivity index (χ4v) is 3.08. The lowest BCUT2D eigenvalue weighted by Gasteiger charge is -2.35. The fraction of sp³-hybridized carbons (Fsp3) is 0.235. The van der Waals surface area contributed by atoms with Gasteiger partial charge in [0.25, 0.3) is 11.8 Å². The summed E-state index contributed by atoms with van der Waals surface area (Å²) < 4.78 is 0.795. The molecule has 1 saturated heterocycles. The normalized spacial score (nSPS) is 14.5. The fourth-order valence-electron chi connectivity index (χ4n) is 2.63. The van der Waals surface area contributed by atoms with Gasteiger partial charge in [-0.05, 0) is 40.2 Å². The first kappa shape index (κ1) is 16.4. The van der Waals surface area contributed by atoms with Crippen molar-refractivity contribution in [3.05, 3.63) is 58.2 Å². The maximum absolute atomic E-state index is 12.6. The van der Waals surface area contributed by atoms with E-state index in [1.165, 1.54) is 0 Å². The molecule has 7 heteroatoms. The number of halogens is 1. The number of hydrogen-bond donors (Lipinski definition) is 1. The van der Waals surface area contributed by atoms with Crippen molar-refractivity contribution in [3.8, 4) is 0 Å². The summed E-state index contributed by atoms with van der Waals surface area (Å²) in [7, 11) is 0. The summed E-state index contributed by atoms with van der Waals surface area (Å²) in [5.74, 6) is 0.0874. The standard InChI is InChI=1S/C17H16BrN4O2/c18-13-5-2-1-4-12(13)17(24)22-10-8-21(9-11-22)15-7-3-6-14(20-15)16(19)23/h1-5,7H,8-11H2,(H2,19,23). The largest absolute Gasteiger partial charge is 0.364 e. The van der Waals surface area contributed by atoms with Gasteiger partial charge in [0.1, 0.15) is 11.5 Å². The lowest BCUT2D eigenvalue weighted by Crippen LogP contribution is -2.49. The van der Waals surface area contributed by atoms with Crippen LogP contribution in [0.25, 0.3) is 0 Å². The number of aromatic nitrogens is 1. The van der Waals surface area contributed by atoms with Crippen LogP contribution in [0.3, 0.4) is 0 Å². The molecular weight excluding hydrogens is 372 g/mol. The molecule has 3 rings (SSSR count). The van der Waals surface area contributed by atoms with Gasteiger partial charge >= 0.3 is 0 Å². The van der Waals surface area contributed by atoms with Crippen LogP contribution in [-0.4, -0.2) is 47.9 Å². The SMILES string of the molecule is NC(=O)c1[c]ccc(N2CCN(C(=O)c3ccccc3Br)CC2)n1. The van der Waals surface area contributed by atoms with Gasteiger partial charge in [-0.25, -0.2) is 4.98 Å². The molecule has 0 unspecified atom stereocenters. The van der Waals surface area contributed by atoms with Crippen molar-refractivity contribution in [2.24, 2.45) is 5.73 Å². The van der Waals surface area contributed by atoms with Gasteiger partial charge in [-0.3, -0.25) is 9.59 Å². The number of nitrogens with zero attached hydrogens (tertiary/aromatic N) is 3. The number of anilines is 1. The van der Waals surface area contributed by atoms with E-state index in [1.807, 2.05) is 34.1 Å². The zero-order valence-electron chi connectivity index (χ0n) is 12.9. The Morgan fingerprint density at radius 3 is 2.50 bits per heavy atom. The van der Waals surface area contributed by atoms with Crippen LogP contribution in [0, 0.1) is 6.07 Å². The number of carbonyl (C=O) groups is 2. The lowest BCUT2D eigenvalue weighted by molar-refractivity contribution is 0.0745. The van der Waals surface area contributed by atoms with Crippen molar-refractivity contribution in [1.82, 2.24) is 9.88 Å². The Bertz CT molecular complexity index is 773. The monoisotopic (exact) mass is 387 g/mol. The van der Waals surface area contributed by atoms with Crippen LogP contribution in [0.5, 0.6) is 0 Å². The van der Waals surface area contributed by atoms with Crippen LogP contribution in [-0.2, 0) is 0 Å². The number of hydrogen-bond acceptors (Lipinski definition) is 4. The number of benzene rings is 1. The van der Waals surface area contributed by atoms with E-state index in [2.05, 4.69) is 27.0 Å². The highest BCUT2D eigenvalue weighted by Crippen LogP contribution is 2.20. The van der Waals surface area contributed by atoms with Crippen molar-refractivity contribution < 1.29 is 9.59 Å². The summed E-state index contributed by atoms with van der Waals surface area (Å²) in [5.41, 5.74) is 6.03. The molecule has 2 N–H and O–H groups in total. The Morgan fingerprint density at radius 2 is 1.83 bits per heavy atom. The van der Waals surface area contributed by atoms with Gasteiger partial charge in [0.05, 0.1) is 5.56 Å². The highest BCUT2D eigenvalue weighted by Gasteiger charge is 2.24. The first-order chi connectivity index (χ1) is 11.6. The molecule has 0 spiro atoms. The predicted molar refractivity (Wildman–Crippen MR) is 93.8 cm³/mol. The van der Waals surface area contributed by atoms with E-state index in [9.17, 15) is 9.59 Å². The maximum Gasteiger partial charge on any atom is 0.268 e. The molecule has 1 aliphatic heterocycles. The molecule has 1 radical (unpaired) electrons. The molecule has 1 aliphatic rings. The number of carbonyl (C=O) groups excluding carboxylic acids is 2. The second-order valence-electron chi connectivity index (χ2n) is 5.42. The van der Waals surface area contributed by atoms with Gasteiger partial charge in [0.15, 0.2) is 0 Å². The van der Waals surface area contributed by atoms with Gasteiger partial charge < -0.3 is 15.5 Å². The molecular formula is C17H16BrN4O2. The molecule has 6 nitrogen and oxygen atoms in total. The third kappa shape index (κ3) is 3.41. The van der Waals surface area contributed by atoms with E-state index >= 15 is 0 Å². The van der Waals surface area contributed by atoms with Crippen LogP contribution >= 0.6 is 15.9 Å². The molecule has 0 saturated carbocycles. The predicted octanol–water partition coefficient (Wildman–Crippen LogP) is 1.71. The molecule has 0 atom stereocenters. The summed E-state index contributed by atoms with van der Waals surface area (Å²) in [6, 6.07) is 13.6. The van der Waals surface area contributed by atoms with Crippen LogP contribution in [0.1, 0.15) is 20.8 Å². The van der Waals surface area contributed by atoms with Crippen LogP contribution in [0.15, 0.2) is 40.9 Å². The number of nitrogens with two attached hydrogens (primary N) is 1. The Balaban J connectivity index is 1.68. The molecule has 2 amide bonds. The van der Waals surface area contributed by atoms with Crippen molar-refractivity contribution in [2.75, 3.05) is 31.1 Å². The Hall–Kier alpha value is -2.41. The third-order valence-corrected chi connectivity index (χ3v) is 4.60. The van der Waals surface area contributed by atoms with E-state index in [-0.39, 0.29) is 11.6 Å². The Kier molecular flexibility index (Phi) is 4.80. The lowest BCUT2D eigenvalue weighted by atomic mass is 10.2. The summed E-state index contributed by atoms with van der Waals surface area (Å²) in [5, 5.41) is 0. The minimum atomic E-state index is -0.598. The second kappa shape index (κ2) is 7.00. The molecule has 1 aromatic heterocycles. The first-order valence-corrected chi connectivity index (χ1v) is 8.33. The quantitative estimate of drug-likeness (QED) is 0.868. The van der Waals surface area contributed by atoms with Crippen molar-refractivity contribution in [3.63, 3.8) is 0 Å². The van der Waals surface area contributed by atoms with E-state index in [0.717, 1.165) is 4.47 Å². The molecule has 0 aliphatic carbocycles. The second-order valence-corrected chi connectivity index (χ2v) is 6.27. The number of piperazine rings is 1. The highest BCUT2D eigenvalue weighted by atomic mass is 79.9. The summed E-state index contributed by atoms with van der Waals surface area (Å²) in [6.45, 7) is 2.47. The Morgan fingerprint density at radius 1 is 1.12 bits per heavy atom. The minimum Gasteiger partial charge on any atom is -0.364 e. The smallest absolute Gasteiger partial charge is 0.268 e. The molecule has 0 bridgehead atoms. The van der Waals surface area contributed by atoms with Gasteiger partial charge in [-0.1, -0.05) is 12.1 Å². The minimum absolute atomic E-state index is 0.00861. The van der Waals surface area contributed by atoms with E-state index in [4.69, 9.17) is 5.73 Å². The number of rotatable bonds is 3. The Labute approximate surface area is 148 Å². The molecule has 24 heavy (non-hydrogen) atoms. The molecule has 1 fully saturated rings.